The van der Waals surface area contributed by atoms with Crippen molar-refractivity contribution in [1.82, 2.24) is 4.90 Å². The Morgan fingerprint density at radius 3 is 2.33 bits per heavy atom. The van der Waals surface area contributed by atoms with Crippen molar-refractivity contribution in [1.29, 1.82) is 0 Å². The third kappa shape index (κ3) is 5.41. The highest BCUT2D eigenvalue weighted by Gasteiger charge is 2.21. The maximum absolute atomic E-state index is 12.3. The molecule has 2 aromatic carbocycles. The Bertz CT molecular complexity index is 793. The number of nitrogens with one attached hydrogen (secondary N) is 2. The van der Waals surface area contributed by atoms with Crippen molar-refractivity contribution in [3.8, 4) is 0 Å². The smallest absolute Gasteiger partial charge is 0.238 e. The maximum Gasteiger partial charge on any atom is 0.238 e. The van der Waals surface area contributed by atoms with E-state index in [-0.39, 0.29) is 11.7 Å². The van der Waals surface area contributed by atoms with E-state index in [4.69, 9.17) is 0 Å². The fourth-order valence-electron chi connectivity index (χ4n) is 3.38. The molecule has 1 aliphatic heterocycles. The molecule has 2 aromatic rings. The largest absolute Gasteiger partial charge is 0.382 e. The van der Waals surface area contributed by atoms with E-state index in [9.17, 15) is 9.59 Å². The Morgan fingerprint density at radius 1 is 1.04 bits per heavy atom. The monoisotopic (exact) mass is 365 g/mol. The molecule has 0 aliphatic carbocycles. The SMILES string of the molecule is CC(=O)c1ccc(NC(=O)CN2CCC(Nc3ccccc3C)CC2)cc1. The average molecular weight is 365 g/mol. The van der Waals surface area contributed by atoms with E-state index in [1.54, 1.807) is 24.3 Å². The molecule has 0 bridgehead atoms. The van der Waals surface area contributed by atoms with Gasteiger partial charge in [-0.25, -0.2) is 0 Å². The topological polar surface area (TPSA) is 61.4 Å². The number of para-hydroxylation sites is 1. The van der Waals surface area contributed by atoms with E-state index in [1.807, 2.05) is 0 Å². The van der Waals surface area contributed by atoms with Gasteiger partial charge in [0.25, 0.3) is 0 Å². The van der Waals surface area contributed by atoms with E-state index >= 15 is 0 Å². The van der Waals surface area contributed by atoms with Crippen LogP contribution in [0.3, 0.4) is 0 Å². The summed E-state index contributed by atoms with van der Waals surface area (Å²) < 4.78 is 0. The standard InChI is InChI=1S/C22H27N3O2/c1-16-5-3-4-6-21(16)23-20-11-13-25(14-12-20)15-22(27)24-19-9-7-18(8-10-19)17(2)26/h3-10,20,23H,11-15H2,1-2H3,(H,24,27). The van der Waals surface area contributed by atoms with E-state index in [0.717, 1.165) is 31.6 Å². The molecule has 0 radical (unpaired) electrons. The van der Waals surface area contributed by atoms with Crippen molar-refractivity contribution in [3.05, 3.63) is 59.7 Å². The number of piperidine rings is 1. The normalized spacial score (nSPS) is 15.3. The summed E-state index contributed by atoms with van der Waals surface area (Å²) in [5.74, 6) is 0.00550. The zero-order valence-corrected chi connectivity index (χ0v) is 16.0. The molecule has 1 heterocycles. The predicted octanol–water partition coefficient (Wildman–Crippen LogP) is 3.71. The summed E-state index contributed by atoms with van der Waals surface area (Å²) in [6.45, 7) is 5.85. The Hall–Kier alpha value is -2.66. The van der Waals surface area contributed by atoms with E-state index in [1.165, 1.54) is 18.2 Å². The third-order valence-corrected chi connectivity index (χ3v) is 5.03. The van der Waals surface area contributed by atoms with Gasteiger partial charge in [-0.15, -0.1) is 0 Å². The first-order valence-electron chi connectivity index (χ1n) is 9.46. The first-order valence-corrected chi connectivity index (χ1v) is 9.46. The van der Waals surface area contributed by atoms with E-state index < -0.39 is 0 Å². The Kier molecular flexibility index (Phi) is 6.24. The minimum absolute atomic E-state index is 0.0177. The molecule has 3 rings (SSSR count). The number of amides is 1. The summed E-state index contributed by atoms with van der Waals surface area (Å²) in [4.78, 5) is 25.8. The second-order valence-corrected chi connectivity index (χ2v) is 7.19. The maximum atomic E-state index is 12.3. The summed E-state index contributed by atoms with van der Waals surface area (Å²) in [6, 6.07) is 15.8. The second kappa shape index (κ2) is 8.82. The summed E-state index contributed by atoms with van der Waals surface area (Å²) in [5.41, 5.74) is 3.83. The molecule has 1 aliphatic rings. The fourth-order valence-corrected chi connectivity index (χ4v) is 3.38. The molecule has 2 N–H and O–H groups in total. The number of carbonyl (C=O) groups excluding carboxylic acids is 2. The van der Waals surface area contributed by atoms with Gasteiger partial charge < -0.3 is 10.6 Å². The van der Waals surface area contributed by atoms with Gasteiger partial charge in [-0.2, -0.15) is 0 Å². The van der Waals surface area contributed by atoms with Gasteiger partial charge in [-0.3, -0.25) is 14.5 Å². The quantitative estimate of drug-likeness (QED) is 0.766. The van der Waals surface area contributed by atoms with Crippen molar-refractivity contribution in [3.63, 3.8) is 0 Å². The van der Waals surface area contributed by atoms with Crippen molar-refractivity contribution >= 4 is 23.1 Å². The highest BCUT2D eigenvalue weighted by atomic mass is 16.2. The Labute approximate surface area is 160 Å². The molecule has 5 heteroatoms. The predicted molar refractivity (Wildman–Crippen MR) is 109 cm³/mol. The van der Waals surface area contributed by atoms with Gasteiger partial charge in [0.15, 0.2) is 5.78 Å². The van der Waals surface area contributed by atoms with Crippen molar-refractivity contribution in [2.45, 2.75) is 32.7 Å². The number of benzene rings is 2. The van der Waals surface area contributed by atoms with Crippen LogP contribution in [0.2, 0.25) is 0 Å². The van der Waals surface area contributed by atoms with Gasteiger partial charge >= 0.3 is 0 Å². The molecular formula is C22H27N3O2. The number of anilines is 2. The molecule has 0 spiro atoms. The fraction of sp³-hybridized carbons (Fsp3) is 0.364. The third-order valence-electron chi connectivity index (χ3n) is 5.03. The van der Waals surface area contributed by atoms with Gasteiger partial charge in [0, 0.05) is 36.1 Å². The Balaban J connectivity index is 1.44. The van der Waals surface area contributed by atoms with E-state index in [2.05, 4.69) is 46.7 Å². The molecule has 142 valence electrons. The summed E-state index contributed by atoms with van der Waals surface area (Å²) in [7, 11) is 0. The molecule has 0 aromatic heterocycles. The van der Waals surface area contributed by atoms with Crippen molar-refractivity contribution in [2.75, 3.05) is 30.3 Å². The lowest BCUT2D eigenvalue weighted by atomic mass is 10.0. The number of ketones is 1. The van der Waals surface area contributed by atoms with Crippen LogP contribution >= 0.6 is 0 Å². The zero-order valence-electron chi connectivity index (χ0n) is 16.0. The van der Waals surface area contributed by atoms with Crippen molar-refractivity contribution in [2.24, 2.45) is 0 Å². The minimum Gasteiger partial charge on any atom is -0.382 e. The first-order chi connectivity index (χ1) is 13.0. The second-order valence-electron chi connectivity index (χ2n) is 7.19. The van der Waals surface area contributed by atoms with Gasteiger partial charge in [-0.1, -0.05) is 18.2 Å². The number of aryl methyl sites for hydroxylation is 1. The molecule has 0 atom stereocenters. The number of Topliss-reactive ketones (excluding diaryl/α,β-unsaturated/α-hetero) is 1. The van der Waals surface area contributed by atoms with Crippen LogP contribution in [0, 0.1) is 6.92 Å². The number of rotatable bonds is 6. The van der Waals surface area contributed by atoms with Gasteiger partial charge in [0.2, 0.25) is 5.91 Å². The van der Waals surface area contributed by atoms with Crippen LogP contribution in [0.25, 0.3) is 0 Å². The van der Waals surface area contributed by atoms with Crippen LogP contribution in [-0.4, -0.2) is 42.3 Å². The highest BCUT2D eigenvalue weighted by molar-refractivity contribution is 5.96. The van der Waals surface area contributed by atoms with Crippen LogP contribution in [-0.2, 0) is 4.79 Å². The molecule has 27 heavy (non-hydrogen) atoms. The summed E-state index contributed by atoms with van der Waals surface area (Å²) in [6.07, 6.45) is 2.05. The summed E-state index contributed by atoms with van der Waals surface area (Å²) >= 11 is 0. The molecule has 5 nitrogen and oxygen atoms in total. The lowest BCUT2D eigenvalue weighted by Gasteiger charge is -2.32. The molecule has 1 amide bonds. The number of hydrogen-bond donors (Lipinski definition) is 2. The van der Waals surface area contributed by atoms with Crippen LogP contribution in [0.4, 0.5) is 11.4 Å². The van der Waals surface area contributed by atoms with Gasteiger partial charge in [0.1, 0.15) is 0 Å². The van der Waals surface area contributed by atoms with Crippen LogP contribution < -0.4 is 10.6 Å². The molecule has 0 unspecified atom stereocenters. The van der Waals surface area contributed by atoms with E-state index in [0.29, 0.717) is 18.2 Å². The lowest BCUT2D eigenvalue weighted by Crippen LogP contribution is -2.42. The van der Waals surface area contributed by atoms with Gasteiger partial charge in [-0.05, 0) is 62.6 Å². The number of carbonyl (C=O) groups is 2. The lowest BCUT2D eigenvalue weighted by molar-refractivity contribution is -0.117. The minimum atomic E-state index is -0.0177. The molecule has 1 saturated heterocycles. The van der Waals surface area contributed by atoms with Crippen molar-refractivity contribution < 1.29 is 9.59 Å². The average Bonchev–Trinajstić information content (AvgIpc) is 2.65. The number of nitrogens with zero attached hydrogens (tertiary/aromatic N) is 1. The van der Waals surface area contributed by atoms with Gasteiger partial charge in [0.05, 0.1) is 6.54 Å². The molecular weight excluding hydrogens is 338 g/mol. The zero-order chi connectivity index (χ0) is 19.2. The highest BCUT2D eigenvalue weighted by Crippen LogP contribution is 2.19. The number of likely N-dealkylation sites (tertiary alicyclic amines) is 1. The molecule has 1 fully saturated rings. The van der Waals surface area contributed by atoms with Crippen LogP contribution in [0.1, 0.15) is 35.7 Å². The number of hydrogen-bond acceptors (Lipinski definition) is 4. The first kappa shape index (κ1) is 19.1. The van der Waals surface area contributed by atoms with Crippen LogP contribution in [0.15, 0.2) is 48.5 Å². The Morgan fingerprint density at radius 2 is 1.70 bits per heavy atom. The van der Waals surface area contributed by atoms with Crippen LogP contribution in [0.5, 0.6) is 0 Å². The summed E-state index contributed by atoms with van der Waals surface area (Å²) in [5, 5.41) is 6.53. The molecule has 0 saturated carbocycles.